The van der Waals surface area contributed by atoms with E-state index in [1.54, 1.807) is 11.7 Å². The Bertz CT molecular complexity index is 1030. The summed E-state index contributed by atoms with van der Waals surface area (Å²) < 4.78 is 12.1. The first kappa shape index (κ1) is 21.4. The standard InChI is InChI=1S/C23H27N3O4/c1-25(2)12-11-17-15-26(20-10-9-18(29-3)14-19(17)20)22(27)21(30-23(24)28)13-16-7-5-4-6-8-16/h4-10,14-15,21H,11-13H2,1-3H3,(H2,24,28). The summed E-state index contributed by atoms with van der Waals surface area (Å²) in [6.07, 6.45) is 0.820. The molecule has 1 aromatic heterocycles. The van der Waals surface area contributed by atoms with Crippen molar-refractivity contribution >= 4 is 22.9 Å². The summed E-state index contributed by atoms with van der Waals surface area (Å²) in [7, 11) is 5.61. The van der Waals surface area contributed by atoms with Gasteiger partial charge in [-0.15, -0.1) is 0 Å². The molecule has 3 rings (SSSR count). The maximum absolute atomic E-state index is 13.4. The number of ether oxygens (including phenoxy) is 2. The van der Waals surface area contributed by atoms with Gasteiger partial charge < -0.3 is 20.1 Å². The van der Waals surface area contributed by atoms with E-state index in [1.165, 1.54) is 0 Å². The molecule has 0 spiro atoms. The van der Waals surface area contributed by atoms with Gasteiger partial charge >= 0.3 is 6.09 Å². The summed E-state index contributed by atoms with van der Waals surface area (Å²) in [5.74, 6) is 0.372. The fourth-order valence-electron chi connectivity index (χ4n) is 3.43. The molecule has 7 nitrogen and oxygen atoms in total. The summed E-state index contributed by atoms with van der Waals surface area (Å²) in [6, 6.07) is 15.0. The van der Waals surface area contributed by atoms with Crippen LogP contribution in [-0.4, -0.2) is 55.3 Å². The predicted octanol–water partition coefficient (Wildman–Crippen LogP) is 3.10. The van der Waals surface area contributed by atoms with E-state index in [1.807, 2.05) is 68.8 Å². The quantitative estimate of drug-likeness (QED) is 0.618. The molecule has 0 saturated carbocycles. The molecular formula is C23H27N3O4. The van der Waals surface area contributed by atoms with Gasteiger partial charge in [0.2, 0.25) is 0 Å². The Morgan fingerprint density at radius 2 is 1.87 bits per heavy atom. The average Bonchev–Trinajstić information content (AvgIpc) is 3.09. The Morgan fingerprint density at radius 1 is 1.13 bits per heavy atom. The van der Waals surface area contributed by atoms with Crippen LogP contribution < -0.4 is 10.5 Å². The van der Waals surface area contributed by atoms with Crippen molar-refractivity contribution in [3.63, 3.8) is 0 Å². The molecule has 1 amide bonds. The third-order valence-electron chi connectivity index (χ3n) is 4.96. The number of nitrogens with two attached hydrogens (primary N) is 1. The third kappa shape index (κ3) is 4.99. The Hall–Kier alpha value is -3.32. The second kappa shape index (κ2) is 9.45. The Kier molecular flexibility index (Phi) is 6.74. The molecule has 7 heteroatoms. The molecular weight excluding hydrogens is 382 g/mol. The minimum atomic E-state index is -1.02. The number of fused-ring (bicyclic) bond motifs is 1. The summed E-state index contributed by atoms with van der Waals surface area (Å²) >= 11 is 0. The van der Waals surface area contributed by atoms with Crippen molar-refractivity contribution in [3.8, 4) is 5.75 Å². The monoisotopic (exact) mass is 409 g/mol. The van der Waals surface area contributed by atoms with Gasteiger partial charge in [-0.3, -0.25) is 9.36 Å². The lowest BCUT2D eigenvalue weighted by Crippen LogP contribution is -2.35. The van der Waals surface area contributed by atoms with E-state index in [9.17, 15) is 9.59 Å². The van der Waals surface area contributed by atoms with Crippen molar-refractivity contribution in [3.05, 3.63) is 65.9 Å². The molecule has 1 heterocycles. The topological polar surface area (TPSA) is 86.8 Å². The molecule has 158 valence electrons. The molecule has 30 heavy (non-hydrogen) atoms. The van der Waals surface area contributed by atoms with Gasteiger partial charge in [-0.2, -0.15) is 0 Å². The van der Waals surface area contributed by atoms with Crippen LogP contribution in [-0.2, 0) is 17.6 Å². The number of methoxy groups -OCH3 is 1. The van der Waals surface area contributed by atoms with Crippen LogP contribution in [0, 0.1) is 0 Å². The van der Waals surface area contributed by atoms with Crippen LogP contribution in [0.2, 0.25) is 0 Å². The summed E-state index contributed by atoms with van der Waals surface area (Å²) in [6.45, 7) is 0.829. The number of carbonyl (C=O) groups is 2. The van der Waals surface area contributed by atoms with Crippen LogP contribution in [0.5, 0.6) is 5.75 Å². The summed E-state index contributed by atoms with van der Waals surface area (Å²) in [5, 5.41) is 0.932. The first-order valence-corrected chi connectivity index (χ1v) is 9.76. The lowest BCUT2D eigenvalue weighted by atomic mass is 10.1. The van der Waals surface area contributed by atoms with E-state index >= 15 is 0 Å². The average molecular weight is 409 g/mol. The molecule has 0 aliphatic rings. The highest BCUT2D eigenvalue weighted by molar-refractivity contribution is 5.97. The van der Waals surface area contributed by atoms with E-state index < -0.39 is 12.2 Å². The highest BCUT2D eigenvalue weighted by Gasteiger charge is 2.26. The van der Waals surface area contributed by atoms with E-state index in [2.05, 4.69) is 4.90 Å². The van der Waals surface area contributed by atoms with Crippen LogP contribution in [0.15, 0.2) is 54.7 Å². The van der Waals surface area contributed by atoms with Crippen molar-refractivity contribution in [2.75, 3.05) is 27.7 Å². The molecule has 0 fully saturated rings. The van der Waals surface area contributed by atoms with Crippen LogP contribution >= 0.6 is 0 Å². The van der Waals surface area contributed by atoms with E-state index in [0.717, 1.165) is 35.0 Å². The van der Waals surface area contributed by atoms with Crippen LogP contribution in [0.1, 0.15) is 15.9 Å². The molecule has 2 aromatic carbocycles. The third-order valence-corrected chi connectivity index (χ3v) is 4.96. The highest BCUT2D eigenvalue weighted by Crippen LogP contribution is 2.27. The number of carbonyl (C=O) groups excluding carboxylic acids is 2. The number of rotatable bonds is 8. The van der Waals surface area contributed by atoms with E-state index in [0.29, 0.717) is 5.75 Å². The molecule has 0 aliphatic carbocycles. The van der Waals surface area contributed by atoms with Gasteiger partial charge in [-0.25, -0.2) is 4.79 Å². The minimum absolute atomic E-state index is 0.242. The number of likely N-dealkylation sites (N-methyl/N-ethyl adjacent to an activating group) is 1. The fourth-order valence-corrected chi connectivity index (χ4v) is 3.43. The number of hydrogen-bond donors (Lipinski definition) is 1. The normalized spacial score (nSPS) is 12.1. The Morgan fingerprint density at radius 3 is 2.50 bits per heavy atom. The lowest BCUT2D eigenvalue weighted by molar-refractivity contribution is 0.0576. The van der Waals surface area contributed by atoms with E-state index in [-0.39, 0.29) is 12.3 Å². The summed E-state index contributed by atoms with van der Waals surface area (Å²) in [5.41, 5.74) is 7.89. The molecule has 2 N–H and O–H groups in total. The number of aromatic nitrogens is 1. The maximum Gasteiger partial charge on any atom is 0.405 e. The maximum atomic E-state index is 13.4. The van der Waals surface area contributed by atoms with Gasteiger partial charge in [0.1, 0.15) is 5.75 Å². The molecule has 3 aromatic rings. The number of benzene rings is 2. The van der Waals surface area contributed by atoms with E-state index in [4.69, 9.17) is 15.2 Å². The molecule has 1 unspecified atom stereocenters. The van der Waals surface area contributed by atoms with Gasteiger partial charge in [0.15, 0.2) is 6.10 Å². The number of primary amides is 1. The first-order valence-electron chi connectivity index (χ1n) is 9.76. The van der Waals surface area contributed by atoms with Gasteiger partial charge in [0, 0.05) is 24.5 Å². The van der Waals surface area contributed by atoms with Crippen LogP contribution in [0.3, 0.4) is 0 Å². The molecule has 0 saturated heterocycles. The molecule has 0 bridgehead atoms. The molecule has 1 atom stereocenters. The second-order valence-electron chi connectivity index (χ2n) is 7.41. The largest absolute Gasteiger partial charge is 0.497 e. The van der Waals surface area contributed by atoms with Crippen LogP contribution in [0.4, 0.5) is 4.79 Å². The summed E-state index contributed by atoms with van der Waals surface area (Å²) in [4.78, 5) is 27.0. The highest BCUT2D eigenvalue weighted by atomic mass is 16.6. The Balaban J connectivity index is 2.01. The smallest absolute Gasteiger partial charge is 0.405 e. The minimum Gasteiger partial charge on any atom is -0.497 e. The SMILES string of the molecule is COc1ccc2c(c1)c(CCN(C)C)cn2C(=O)C(Cc1ccccc1)OC(N)=O. The van der Waals surface area contributed by atoms with Gasteiger partial charge in [-0.1, -0.05) is 30.3 Å². The zero-order valence-electron chi connectivity index (χ0n) is 17.5. The molecule has 0 radical (unpaired) electrons. The number of nitrogens with zero attached hydrogens (tertiary/aromatic N) is 2. The number of amides is 1. The first-order chi connectivity index (χ1) is 14.4. The van der Waals surface area contributed by atoms with Gasteiger partial charge in [0.25, 0.3) is 5.91 Å². The lowest BCUT2D eigenvalue weighted by Gasteiger charge is -2.17. The van der Waals surface area contributed by atoms with Gasteiger partial charge in [0.05, 0.1) is 12.6 Å². The second-order valence-corrected chi connectivity index (χ2v) is 7.41. The van der Waals surface area contributed by atoms with Crippen LogP contribution in [0.25, 0.3) is 10.9 Å². The number of hydrogen-bond acceptors (Lipinski definition) is 5. The predicted molar refractivity (Wildman–Crippen MR) is 116 cm³/mol. The molecule has 0 aliphatic heterocycles. The Labute approximate surface area is 176 Å². The van der Waals surface area contributed by atoms with Crippen molar-refractivity contribution in [2.24, 2.45) is 5.73 Å². The zero-order chi connectivity index (χ0) is 21.7. The van der Waals surface area contributed by atoms with Gasteiger partial charge in [-0.05, 0) is 49.8 Å². The fraction of sp³-hybridized carbons (Fsp3) is 0.304. The van der Waals surface area contributed by atoms with Crippen molar-refractivity contribution in [2.45, 2.75) is 18.9 Å². The van der Waals surface area contributed by atoms with Crippen molar-refractivity contribution in [1.82, 2.24) is 9.47 Å². The van der Waals surface area contributed by atoms with Crippen molar-refractivity contribution in [1.29, 1.82) is 0 Å². The van der Waals surface area contributed by atoms with Crippen molar-refractivity contribution < 1.29 is 19.1 Å². The zero-order valence-corrected chi connectivity index (χ0v) is 17.5.